The van der Waals surface area contributed by atoms with Gasteiger partial charge in [-0.25, -0.2) is 0 Å². The lowest BCUT2D eigenvalue weighted by Crippen LogP contribution is -2.11. The average Bonchev–Trinajstić information content (AvgIpc) is 3.26. The Bertz CT molecular complexity index is 1530. The van der Waals surface area contributed by atoms with Crippen molar-refractivity contribution in [1.29, 1.82) is 0 Å². The minimum absolute atomic E-state index is 0.0835. The van der Waals surface area contributed by atoms with Crippen LogP contribution >= 0.6 is 11.6 Å². The lowest BCUT2D eigenvalue weighted by atomic mass is 9.95. The maximum Gasteiger partial charge on any atom is 0.433 e. The van der Waals surface area contributed by atoms with Crippen LogP contribution in [-0.2, 0) is 32.0 Å². The minimum atomic E-state index is -5.19. The van der Waals surface area contributed by atoms with Gasteiger partial charge in [0.15, 0.2) is 0 Å². The van der Waals surface area contributed by atoms with Gasteiger partial charge in [0.1, 0.15) is 17.2 Å². The molecular weight excluding hydrogens is 591 g/mol. The Kier molecular flexibility index (Phi) is 7.96. The first-order chi connectivity index (χ1) is 18.9. The van der Waals surface area contributed by atoms with E-state index in [1.165, 1.54) is 0 Å². The molecule has 0 radical (unpaired) electrons. The van der Waals surface area contributed by atoms with Crippen molar-refractivity contribution in [2.45, 2.75) is 24.9 Å². The van der Waals surface area contributed by atoms with Gasteiger partial charge in [-0.05, 0) is 59.7 Å². The molecule has 0 bridgehead atoms. The van der Waals surface area contributed by atoms with E-state index < -0.39 is 57.9 Å². The predicted molar refractivity (Wildman–Crippen MR) is 131 cm³/mol. The van der Waals surface area contributed by atoms with Crippen LogP contribution in [0.1, 0.15) is 22.4 Å². The highest BCUT2D eigenvalue weighted by Crippen LogP contribution is 2.47. The normalized spacial score (nSPS) is 12.6. The molecular formula is C27H18ClF9N2O2. The summed E-state index contributed by atoms with van der Waals surface area (Å²) >= 11 is 5.85. The van der Waals surface area contributed by atoms with Gasteiger partial charge in [-0.3, -0.25) is 4.68 Å². The van der Waals surface area contributed by atoms with E-state index in [0.29, 0.717) is 27.9 Å². The quantitative estimate of drug-likeness (QED) is 0.223. The number of hydrogen-bond donors (Lipinski definition) is 1. The van der Waals surface area contributed by atoms with E-state index in [1.807, 2.05) is 0 Å². The molecule has 218 valence electrons. The fourth-order valence-corrected chi connectivity index (χ4v) is 4.20. The van der Waals surface area contributed by atoms with Gasteiger partial charge in [0, 0.05) is 24.1 Å². The number of nitrogens with zero attached hydrogens (tertiary/aromatic N) is 2. The number of rotatable bonds is 6. The number of ether oxygens (including phenoxy) is 1. The molecule has 41 heavy (non-hydrogen) atoms. The summed E-state index contributed by atoms with van der Waals surface area (Å²) in [5.41, 5.74) is -5.88. The van der Waals surface area contributed by atoms with Crippen LogP contribution in [0.15, 0.2) is 60.7 Å². The van der Waals surface area contributed by atoms with E-state index >= 15 is 0 Å². The predicted octanol–water partition coefficient (Wildman–Crippen LogP) is 8.79. The van der Waals surface area contributed by atoms with Gasteiger partial charge in [0.05, 0.1) is 29.0 Å². The third-order valence-corrected chi connectivity index (χ3v) is 6.28. The average molecular weight is 609 g/mol. The van der Waals surface area contributed by atoms with E-state index in [4.69, 9.17) is 16.3 Å². The SMILES string of the molecule is Cn1nc(-c2ccc(OCCc3ccc(Cl)cc3)c(-c3cc(C(F)(F)F)cc(C(F)(F)F)c3)c2O)cc1C(F)(F)F. The zero-order valence-electron chi connectivity index (χ0n) is 20.7. The highest BCUT2D eigenvalue weighted by Gasteiger charge is 2.38. The fourth-order valence-electron chi connectivity index (χ4n) is 4.07. The van der Waals surface area contributed by atoms with Crippen molar-refractivity contribution in [2.75, 3.05) is 6.61 Å². The molecule has 0 aliphatic carbocycles. The van der Waals surface area contributed by atoms with Gasteiger partial charge in [0.2, 0.25) is 0 Å². The monoisotopic (exact) mass is 608 g/mol. The number of aromatic nitrogens is 2. The van der Waals surface area contributed by atoms with Gasteiger partial charge in [0.25, 0.3) is 0 Å². The zero-order chi connectivity index (χ0) is 30.3. The van der Waals surface area contributed by atoms with Gasteiger partial charge in [-0.2, -0.15) is 44.6 Å². The Labute approximate surface area is 231 Å². The smallest absolute Gasteiger partial charge is 0.433 e. The molecule has 0 amide bonds. The molecule has 3 aromatic carbocycles. The maximum atomic E-state index is 13.6. The van der Waals surface area contributed by atoms with E-state index in [-0.39, 0.29) is 30.4 Å². The molecule has 0 aliphatic heterocycles. The number of aryl methyl sites for hydroxylation is 1. The summed E-state index contributed by atoms with van der Waals surface area (Å²) in [4.78, 5) is 0. The Hall–Kier alpha value is -3.87. The van der Waals surface area contributed by atoms with Gasteiger partial charge in [-0.1, -0.05) is 23.7 Å². The van der Waals surface area contributed by atoms with E-state index in [9.17, 15) is 44.6 Å². The molecule has 4 nitrogen and oxygen atoms in total. The molecule has 4 rings (SSSR count). The first-order valence-electron chi connectivity index (χ1n) is 11.6. The second-order valence-corrected chi connectivity index (χ2v) is 9.33. The van der Waals surface area contributed by atoms with Crippen molar-refractivity contribution >= 4 is 11.6 Å². The fraction of sp³-hybridized carbons (Fsp3) is 0.222. The van der Waals surface area contributed by atoms with Crippen molar-refractivity contribution < 1.29 is 49.4 Å². The lowest BCUT2D eigenvalue weighted by Gasteiger charge is -2.19. The molecule has 0 saturated heterocycles. The number of phenols is 1. The zero-order valence-corrected chi connectivity index (χ0v) is 21.5. The molecule has 0 atom stereocenters. The summed E-state index contributed by atoms with van der Waals surface area (Å²) < 4.78 is 128. The Morgan fingerprint density at radius 3 is 1.90 bits per heavy atom. The molecule has 0 aliphatic rings. The summed E-state index contributed by atoms with van der Waals surface area (Å²) in [6.07, 6.45) is -15.0. The summed E-state index contributed by atoms with van der Waals surface area (Å²) in [7, 11) is 0.987. The molecule has 1 N–H and O–H groups in total. The first kappa shape index (κ1) is 30.1. The summed E-state index contributed by atoms with van der Waals surface area (Å²) in [6, 6.07) is 10.1. The standard InChI is InChI=1S/C27H18ClF9N2O2/c1-39-22(27(35,36)37)13-20(38-39)19-6-7-21(41-9-8-14-2-4-18(28)5-3-14)23(24(19)40)15-10-16(25(29,30)31)12-17(11-15)26(32,33)34/h2-7,10-13,40H,8-9H2,1H3. The summed E-state index contributed by atoms with van der Waals surface area (Å²) in [6.45, 7) is -0.125. The van der Waals surface area contributed by atoms with Crippen molar-refractivity contribution in [3.63, 3.8) is 0 Å². The molecule has 4 aromatic rings. The number of alkyl halides is 9. The summed E-state index contributed by atoms with van der Waals surface area (Å²) in [5, 5.41) is 15.3. The molecule has 0 saturated carbocycles. The van der Waals surface area contributed by atoms with E-state index in [2.05, 4.69) is 5.10 Å². The van der Waals surface area contributed by atoms with Crippen LogP contribution in [0.25, 0.3) is 22.4 Å². The van der Waals surface area contributed by atoms with E-state index in [1.54, 1.807) is 24.3 Å². The van der Waals surface area contributed by atoms with Crippen LogP contribution in [0.4, 0.5) is 39.5 Å². The second kappa shape index (κ2) is 10.8. The minimum Gasteiger partial charge on any atom is -0.506 e. The molecule has 1 aromatic heterocycles. The van der Waals surface area contributed by atoms with Gasteiger partial charge in [-0.15, -0.1) is 0 Å². The van der Waals surface area contributed by atoms with E-state index in [0.717, 1.165) is 24.7 Å². The third-order valence-electron chi connectivity index (χ3n) is 6.02. The Morgan fingerprint density at radius 1 is 0.805 bits per heavy atom. The highest BCUT2D eigenvalue weighted by molar-refractivity contribution is 6.30. The van der Waals surface area contributed by atoms with Crippen LogP contribution in [0, 0.1) is 0 Å². The first-order valence-corrected chi connectivity index (χ1v) is 12.0. The molecule has 14 heteroatoms. The lowest BCUT2D eigenvalue weighted by molar-refractivity contribution is -0.144. The molecule has 0 spiro atoms. The van der Waals surface area contributed by atoms with Gasteiger partial charge >= 0.3 is 18.5 Å². The second-order valence-electron chi connectivity index (χ2n) is 8.89. The molecule has 1 heterocycles. The van der Waals surface area contributed by atoms with Crippen LogP contribution in [0.2, 0.25) is 5.02 Å². The summed E-state index contributed by atoms with van der Waals surface area (Å²) in [5.74, 6) is -1.23. The van der Waals surface area contributed by atoms with Crippen molar-refractivity contribution in [3.8, 4) is 33.9 Å². The number of halogens is 10. The molecule has 0 fully saturated rings. The van der Waals surface area contributed by atoms with Gasteiger partial charge < -0.3 is 9.84 Å². The largest absolute Gasteiger partial charge is 0.506 e. The van der Waals surface area contributed by atoms with Crippen LogP contribution in [-0.4, -0.2) is 21.5 Å². The van der Waals surface area contributed by atoms with Crippen molar-refractivity contribution in [2.24, 2.45) is 7.05 Å². The van der Waals surface area contributed by atoms with Crippen LogP contribution in [0.3, 0.4) is 0 Å². The van der Waals surface area contributed by atoms with Crippen LogP contribution in [0.5, 0.6) is 11.5 Å². The third kappa shape index (κ3) is 6.72. The Morgan fingerprint density at radius 2 is 1.39 bits per heavy atom. The maximum absolute atomic E-state index is 13.6. The Balaban J connectivity index is 1.88. The van der Waals surface area contributed by atoms with Crippen molar-refractivity contribution in [3.05, 3.63) is 88.1 Å². The number of hydrogen-bond acceptors (Lipinski definition) is 3. The molecule has 0 unspecified atom stereocenters. The van der Waals surface area contributed by atoms with Crippen LogP contribution < -0.4 is 4.74 Å². The number of phenolic OH excluding ortho intramolecular Hbond substituents is 1. The number of benzene rings is 3. The highest BCUT2D eigenvalue weighted by atomic mass is 35.5. The number of aromatic hydroxyl groups is 1. The topological polar surface area (TPSA) is 47.3 Å². The van der Waals surface area contributed by atoms with Crippen molar-refractivity contribution in [1.82, 2.24) is 9.78 Å².